The Bertz CT molecular complexity index is 674. The first kappa shape index (κ1) is 13.6. The van der Waals surface area contributed by atoms with Crippen LogP contribution in [0.2, 0.25) is 10.0 Å². The Labute approximate surface area is 118 Å². The maximum atomic E-state index is 11.7. The van der Waals surface area contributed by atoms with Crippen LogP contribution in [0.25, 0.3) is 11.1 Å². The Morgan fingerprint density at radius 1 is 1.16 bits per heavy atom. The van der Waals surface area contributed by atoms with Gasteiger partial charge in [0.25, 0.3) is 0 Å². The first-order valence-corrected chi connectivity index (χ1v) is 6.04. The summed E-state index contributed by atoms with van der Waals surface area (Å²) in [6.07, 6.45) is 1.43. The number of halogens is 2. The number of hydrogen-bond acceptors (Lipinski definition) is 3. The summed E-state index contributed by atoms with van der Waals surface area (Å²) in [6.45, 7) is 0. The van der Waals surface area contributed by atoms with Gasteiger partial charge in [0.05, 0.1) is 12.7 Å². The minimum Gasteiger partial charge on any atom is -0.465 e. The van der Waals surface area contributed by atoms with Gasteiger partial charge in [-0.05, 0) is 23.8 Å². The molecular formula is C13H9Cl2NO3. The molecule has 19 heavy (non-hydrogen) atoms. The fourth-order valence-corrected chi connectivity index (χ4v) is 2.22. The van der Waals surface area contributed by atoms with Crippen LogP contribution in [0, 0.1) is 0 Å². The molecule has 1 aromatic heterocycles. The lowest BCUT2D eigenvalue weighted by atomic mass is 10.0. The molecule has 0 amide bonds. The third-order valence-electron chi connectivity index (χ3n) is 2.50. The predicted octanol–water partition coefficient (Wildman–Crippen LogP) is 3.14. The molecule has 0 fully saturated rings. The summed E-state index contributed by atoms with van der Waals surface area (Å²) in [5.41, 5.74) is 0.881. The molecule has 1 N–H and O–H groups in total. The molecule has 1 aromatic carbocycles. The van der Waals surface area contributed by atoms with Crippen molar-refractivity contribution in [1.29, 1.82) is 0 Å². The number of carbonyl (C=O) groups is 1. The quantitative estimate of drug-likeness (QED) is 0.866. The maximum absolute atomic E-state index is 11.7. The van der Waals surface area contributed by atoms with E-state index in [0.29, 0.717) is 21.2 Å². The summed E-state index contributed by atoms with van der Waals surface area (Å²) in [4.78, 5) is 25.5. The van der Waals surface area contributed by atoms with Crippen LogP contribution in [-0.4, -0.2) is 18.1 Å². The number of aromatic amines is 1. The Kier molecular flexibility index (Phi) is 3.93. The van der Waals surface area contributed by atoms with Gasteiger partial charge in [-0.1, -0.05) is 23.2 Å². The van der Waals surface area contributed by atoms with Crippen LogP contribution in [0.15, 0.2) is 35.3 Å². The molecule has 2 aromatic rings. The van der Waals surface area contributed by atoms with Gasteiger partial charge in [0.1, 0.15) is 0 Å². The van der Waals surface area contributed by atoms with Crippen LogP contribution in [0.3, 0.4) is 0 Å². The van der Waals surface area contributed by atoms with Crippen molar-refractivity contribution in [2.75, 3.05) is 7.11 Å². The van der Waals surface area contributed by atoms with Crippen molar-refractivity contribution in [2.45, 2.75) is 0 Å². The van der Waals surface area contributed by atoms with Crippen molar-refractivity contribution in [2.24, 2.45) is 0 Å². The fraction of sp³-hybridized carbons (Fsp3) is 0.0769. The predicted molar refractivity (Wildman–Crippen MR) is 73.9 cm³/mol. The van der Waals surface area contributed by atoms with Gasteiger partial charge in [0, 0.05) is 27.9 Å². The lowest BCUT2D eigenvalue weighted by Crippen LogP contribution is -2.12. The maximum Gasteiger partial charge on any atom is 0.338 e. The molecule has 98 valence electrons. The Balaban J connectivity index is 2.67. The number of benzene rings is 1. The van der Waals surface area contributed by atoms with E-state index in [0.717, 1.165) is 0 Å². The van der Waals surface area contributed by atoms with E-state index >= 15 is 0 Å². The van der Waals surface area contributed by atoms with Crippen LogP contribution in [0.5, 0.6) is 0 Å². The van der Waals surface area contributed by atoms with E-state index in [1.54, 1.807) is 18.2 Å². The van der Waals surface area contributed by atoms with Gasteiger partial charge in [-0.3, -0.25) is 4.79 Å². The minimum absolute atomic E-state index is 0.157. The van der Waals surface area contributed by atoms with Crippen molar-refractivity contribution in [3.05, 3.63) is 56.4 Å². The highest BCUT2D eigenvalue weighted by Gasteiger charge is 2.15. The molecule has 6 heteroatoms. The zero-order valence-corrected chi connectivity index (χ0v) is 11.4. The van der Waals surface area contributed by atoms with E-state index in [-0.39, 0.29) is 5.56 Å². The van der Waals surface area contributed by atoms with E-state index < -0.39 is 11.5 Å². The van der Waals surface area contributed by atoms with Crippen LogP contribution >= 0.6 is 23.2 Å². The van der Waals surface area contributed by atoms with Crippen LogP contribution in [0.1, 0.15) is 10.4 Å². The highest BCUT2D eigenvalue weighted by atomic mass is 35.5. The van der Waals surface area contributed by atoms with Gasteiger partial charge in [-0.15, -0.1) is 0 Å². The topological polar surface area (TPSA) is 59.2 Å². The number of rotatable bonds is 2. The lowest BCUT2D eigenvalue weighted by Gasteiger charge is -2.08. The molecule has 2 rings (SSSR count). The number of methoxy groups -OCH3 is 1. The second-order valence-electron chi connectivity index (χ2n) is 3.77. The lowest BCUT2D eigenvalue weighted by molar-refractivity contribution is 0.0601. The minimum atomic E-state index is -0.600. The second-order valence-corrected chi connectivity index (χ2v) is 4.65. The van der Waals surface area contributed by atoms with Gasteiger partial charge in [0.2, 0.25) is 5.56 Å². The van der Waals surface area contributed by atoms with Gasteiger partial charge >= 0.3 is 5.97 Å². The summed E-state index contributed by atoms with van der Waals surface area (Å²) in [5, 5.41) is 0.869. The summed E-state index contributed by atoms with van der Waals surface area (Å²) in [6, 6.07) is 6.05. The van der Waals surface area contributed by atoms with E-state index in [1.807, 2.05) is 0 Å². The molecule has 0 spiro atoms. The monoisotopic (exact) mass is 297 g/mol. The molecule has 1 heterocycles. The van der Waals surface area contributed by atoms with E-state index in [4.69, 9.17) is 23.2 Å². The number of carbonyl (C=O) groups excluding carboxylic acids is 1. The summed E-state index contributed by atoms with van der Waals surface area (Å²) in [7, 11) is 1.25. The highest BCUT2D eigenvalue weighted by Crippen LogP contribution is 2.28. The van der Waals surface area contributed by atoms with Gasteiger partial charge in [-0.2, -0.15) is 0 Å². The van der Waals surface area contributed by atoms with Crippen molar-refractivity contribution in [1.82, 2.24) is 4.98 Å². The molecule has 0 aliphatic rings. The molecule has 0 atom stereocenters. The molecule has 0 aliphatic heterocycles. The average molecular weight is 298 g/mol. The third kappa shape index (κ3) is 2.97. The summed E-state index contributed by atoms with van der Waals surface area (Å²) >= 11 is 11.8. The molecule has 0 bridgehead atoms. The van der Waals surface area contributed by atoms with Gasteiger partial charge < -0.3 is 9.72 Å². The number of esters is 1. The van der Waals surface area contributed by atoms with Crippen molar-refractivity contribution < 1.29 is 9.53 Å². The number of ether oxygens (including phenoxy) is 1. The summed E-state index contributed by atoms with van der Waals surface area (Å²) in [5.74, 6) is -0.600. The molecule has 0 radical (unpaired) electrons. The standard InChI is InChI=1S/C13H9Cl2NO3/c1-19-13(18)10-5-12(17)16-6-11(10)7-2-8(14)4-9(15)3-7/h2-6H,1H3,(H,16,17). The number of nitrogens with one attached hydrogen (secondary N) is 1. The number of hydrogen-bond donors (Lipinski definition) is 1. The number of aromatic nitrogens is 1. The van der Waals surface area contributed by atoms with Gasteiger partial charge in [0.15, 0.2) is 0 Å². The van der Waals surface area contributed by atoms with E-state index in [2.05, 4.69) is 9.72 Å². The van der Waals surface area contributed by atoms with Crippen LogP contribution < -0.4 is 5.56 Å². The Hall–Kier alpha value is -1.78. The zero-order chi connectivity index (χ0) is 14.0. The molecule has 0 unspecified atom stereocenters. The van der Waals surface area contributed by atoms with Crippen LogP contribution in [-0.2, 0) is 4.74 Å². The normalized spacial score (nSPS) is 10.3. The van der Waals surface area contributed by atoms with Crippen molar-refractivity contribution in [3.63, 3.8) is 0 Å². The molecule has 0 saturated heterocycles. The Morgan fingerprint density at radius 3 is 2.37 bits per heavy atom. The van der Waals surface area contributed by atoms with Gasteiger partial charge in [-0.25, -0.2) is 4.79 Å². The number of H-pyrrole nitrogens is 1. The van der Waals surface area contributed by atoms with E-state index in [1.165, 1.54) is 19.4 Å². The Morgan fingerprint density at radius 2 is 1.79 bits per heavy atom. The zero-order valence-electron chi connectivity index (χ0n) is 9.87. The molecule has 4 nitrogen and oxygen atoms in total. The highest BCUT2D eigenvalue weighted by molar-refractivity contribution is 6.35. The first-order chi connectivity index (χ1) is 9.01. The van der Waals surface area contributed by atoms with E-state index in [9.17, 15) is 9.59 Å². The third-order valence-corrected chi connectivity index (χ3v) is 2.94. The van der Waals surface area contributed by atoms with Crippen LogP contribution in [0.4, 0.5) is 0 Å². The second kappa shape index (κ2) is 5.47. The molecule has 0 saturated carbocycles. The van der Waals surface area contributed by atoms with Crippen molar-refractivity contribution >= 4 is 29.2 Å². The molecular weight excluding hydrogens is 289 g/mol. The smallest absolute Gasteiger partial charge is 0.338 e. The summed E-state index contributed by atoms with van der Waals surface area (Å²) < 4.78 is 4.66. The number of pyridine rings is 1. The largest absolute Gasteiger partial charge is 0.465 e. The SMILES string of the molecule is COC(=O)c1cc(=O)[nH]cc1-c1cc(Cl)cc(Cl)c1. The van der Waals surface area contributed by atoms with Crippen molar-refractivity contribution in [3.8, 4) is 11.1 Å². The fourth-order valence-electron chi connectivity index (χ4n) is 1.70. The first-order valence-electron chi connectivity index (χ1n) is 5.29. The average Bonchev–Trinajstić information content (AvgIpc) is 2.36. The molecule has 0 aliphatic carbocycles.